The maximum atomic E-state index is 12.8. The minimum Gasteiger partial charge on any atom is -0.463 e. The number of hydrogen-bond acceptors (Lipinski definition) is 13. The number of carbonyl (C=O) groups excluding carboxylic acids is 5. The first kappa shape index (κ1) is 34.5. The summed E-state index contributed by atoms with van der Waals surface area (Å²) in [5, 5.41) is 3.19. The summed E-state index contributed by atoms with van der Waals surface area (Å²) in [4.78, 5) is 74.7. The van der Waals surface area contributed by atoms with Crippen molar-refractivity contribution >= 4 is 52.4 Å². The number of rotatable bonds is 11. The van der Waals surface area contributed by atoms with Crippen LogP contribution in [-0.4, -0.2) is 86.3 Å². The zero-order valence-electron chi connectivity index (χ0n) is 25.2. The highest BCUT2D eigenvalue weighted by molar-refractivity contribution is 6.32. The van der Waals surface area contributed by atoms with Crippen molar-refractivity contribution in [3.05, 3.63) is 44.8 Å². The number of nitrogens with one attached hydrogen (secondary N) is 1. The molecule has 240 valence electrons. The SMILES string of the molecule is CC(=O)OC[C@H]1O[C@@H](c2cc3oc(=O)c(CNC(=O)CCN(C)C)cc3cc2Cl)[C@H](OC(C)=O)[C@@H](OC(C)=O)[C@@H]1OC(C)=O. The largest absolute Gasteiger partial charge is 0.463 e. The number of hydrogen-bond donors (Lipinski definition) is 1. The topological polar surface area (TPSA) is 177 Å². The van der Waals surface area contributed by atoms with Crippen molar-refractivity contribution in [2.24, 2.45) is 0 Å². The molecule has 1 saturated heterocycles. The highest BCUT2D eigenvalue weighted by Crippen LogP contribution is 2.41. The van der Waals surface area contributed by atoms with Crippen LogP contribution in [0.5, 0.6) is 0 Å². The predicted molar refractivity (Wildman–Crippen MR) is 153 cm³/mol. The van der Waals surface area contributed by atoms with E-state index in [1.165, 1.54) is 18.2 Å². The lowest BCUT2D eigenvalue weighted by molar-refractivity contribution is -0.254. The van der Waals surface area contributed by atoms with Gasteiger partial charge in [0.2, 0.25) is 5.91 Å². The van der Waals surface area contributed by atoms with Crippen molar-refractivity contribution in [3.8, 4) is 0 Å². The monoisotopic (exact) mass is 638 g/mol. The molecule has 1 aromatic carbocycles. The van der Waals surface area contributed by atoms with Gasteiger partial charge in [-0.05, 0) is 32.3 Å². The molecule has 2 heterocycles. The normalized spacial score (nSPS) is 21.4. The molecule has 0 saturated carbocycles. The van der Waals surface area contributed by atoms with Gasteiger partial charge in [0.05, 0.1) is 5.56 Å². The summed E-state index contributed by atoms with van der Waals surface area (Å²) < 4.78 is 33.2. The molecule has 5 atom stereocenters. The molecule has 3 rings (SSSR count). The van der Waals surface area contributed by atoms with Crippen LogP contribution in [0.3, 0.4) is 0 Å². The molecule has 0 radical (unpaired) electrons. The molecule has 1 amide bonds. The van der Waals surface area contributed by atoms with Crippen molar-refractivity contribution in [2.75, 3.05) is 27.2 Å². The van der Waals surface area contributed by atoms with E-state index in [1.807, 2.05) is 19.0 Å². The van der Waals surface area contributed by atoms with Crippen molar-refractivity contribution < 1.29 is 52.1 Å². The van der Waals surface area contributed by atoms with Gasteiger partial charge in [0.15, 0.2) is 18.3 Å². The molecule has 44 heavy (non-hydrogen) atoms. The quantitative estimate of drug-likeness (QED) is 0.214. The second-order valence-electron chi connectivity index (χ2n) is 10.4. The fourth-order valence-corrected chi connectivity index (χ4v) is 4.90. The van der Waals surface area contributed by atoms with E-state index in [0.717, 1.165) is 27.7 Å². The Morgan fingerprint density at radius 1 is 0.886 bits per heavy atom. The summed E-state index contributed by atoms with van der Waals surface area (Å²) in [7, 11) is 3.68. The molecule has 0 unspecified atom stereocenters. The van der Waals surface area contributed by atoms with Crippen LogP contribution in [0, 0.1) is 0 Å². The fraction of sp³-hybridized carbons (Fsp3) is 0.517. The van der Waals surface area contributed by atoms with E-state index in [-0.39, 0.29) is 40.6 Å². The molecule has 1 N–H and O–H groups in total. The first-order valence-electron chi connectivity index (χ1n) is 13.6. The molecule has 0 spiro atoms. The minimum atomic E-state index is -1.41. The van der Waals surface area contributed by atoms with Gasteiger partial charge < -0.3 is 38.3 Å². The summed E-state index contributed by atoms with van der Waals surface area (Å²) in [6, 6.07) is 4.41. The highest BCUT2D eigenvalue weighted by Gasteiger charge is 2.53. The van der Waals surface area contributed by atoms with Crippen LogP contribution < -0.4 is 10.9 Å². The smallest absolute Gasteiger partial charge is 0.341 e. The molecular weight excluding hydrogens is 604 g/mol. The maximum Gasteiger partial charge on any atom is 0.341 e. The van der Waals surface area contributed by atoms with Gasteiger partial charge in [-0.1, -0.05) is 11.6 Å². The van der Waals surface area contributed by atoms with Gasteiger partial charge in [0.1, 0.15) is 24.4 Å². The molecule has 0 aliphatic carbocycles. The van der Waals surface area contributed by atoms with E-state index in [0.29, 0.717) is 11.9 Å². The van der Waals surface area contributed by atoms with Crippen LogP contribution >= 0.6 is 11.6 Å². The Kier molecular flexibility index (Phi) is 11.9. The van der Waals surface area contributed by atoms with Crippen LogP contribution in [0.4, 0.5) is 0 Å². The third kappa shape index (κ3) is 9.24. The molecule has 1 aliphatic rings. The number of benzene rings is 1. The average Bonchev–Trinajstić information content (AvgIpc) is 2.91. The Balaban J connectivity index is 2.05. The van der Waals surface area contributed by atoms with E-state index in [2.05, 4.69) is 5.32 Å². The summed E-state index contributed by atoms with van der Waals surface area (Å²) >= 11 is 6.69. The Bertz CT molecular complexity index is 1470. The molecule has 0 bridgehead atoms. The van der Waals surface area contributed by atoms with Crippen molar-refractivity contribution in [3.63, 3.8) is 0 Å². The van der Waals surface area contributed by atoms with Gasteiger partial charge in [-0.25, -0.2) is 4.79 Å². The Morgan fingerprint density at radius 3 is 2.09 bits per heavy atom. The van der Waals surface area contributed by atoms with Gasteiger partial charge in [0, 0.05) is 63.2 Å². The number of amides is 1. The van der Waals surface area contributed by atoms with Gasteiger partial charge in [-0.3, -0.25) is 24.0 Å². The first-order chi connectivity index (χ1) is 20.7. The van der Waals surface area contributed by atoms with Crippen LogP contribution in [0.1, 0.15) is 51.3 Å². The maximum absolute atomic E-state index is 12.8. The third-order valence-electron chi connectivity index (χ3n) is 6.48. The molecular formula is C29H35ClN2O12. The standard InChI is InChI=1S/C29H35ClN2O12/c1-14(33)39-13-23-26(40-15(2)34)28(42-17(4)36)27(41-16(3)35)25(43-23)20-11-22-18(10-21(20)30)9-19(29(38)44-22)12-31-24(37)7-8-32(5)6/h9-11,23,25-28H,7-8,12-13H2,1-6H3,(H,31,37)/t23-,25+,26-,27+,28+/m1/s1. The van der Waals surface area contributed by atoms with E-state index < -0.39 is 66.6 Å². The van der Waals surface area contributed by atoms with Crippen LogP contribution in [0.25, 0.3) is 11.0 Å². The zero-order valence-corrected chi connectivity index (χ0v) is 25.9. The van der Waals surface area contributed by atoms with Gasteiger partial charge in [-0.2, -0.15) is 0 Å². The van der Waals surface area contributed by atoms with Crippen molar-refractivity contribution in [1.82, 2.24) is 10.2 Å². The Hall–Kier alpha value is -4.01. The average molecular weight is 639 g/mol. The van der Waals surface area contributed by atoms with Crippen molar-refractivity contribution in [2.45, 2.75) is 71.2 Å². The molecule has 2 aromatic rings. The fourth-order valence-electron chi connectivity index (χ4n) is 4.63. The number of carbonyl (C=O) groups is 5. The van der Waals surface area contributed by atoms with E-state index >= 15 is 0 Å². The zero-order chi connectivity index (χ0) is 32.7. The Morgan fingerprint density at radius 2 is 1.50 bits per heavy atom. The second-order valence-corrected chi connectivity index (χ2v) is 10.8. The van der Waals surface area contributed by atoms with E-state index in [4.69, 9.17) is 39.7 Å². The van der Waals surface area contributed by atoms with Crippen molar-refractivity contribution in [1.29, 1.82) is 0 Å². The van der Waals surface area contributed by atoms with E-state index in [9.17, 15) is 28.8 Å². The minimum absolute atomic E-state index is 0.0659. The number of fused-ring (bicyclic) bond motifs is 1. The van der Waals surface area contributed by atoms with Crippen LogP contribution in [0.2, 0.25) is 5.02 Å². The molecule has 1 aromatic heterocycles. The van der Waals surface area contributed by atoms with E-state index in [1.54, 1.807) is 0 Å². The summed E-state index contributed by atoms with van der Waals surface area (Å²) in [5.74, 6) is -3.23. The lowest BCUT2D eigenvalue weighted by Gasteiger charge is -2.44. The third-order valence-corrected chi connectivity index (χ3v) is 6.81. The number of nitrogens with zero attached hydrogens (tertiary/aromatic N) is 1. The molecule has 15 heteroatoms. The van der Waals surface area contributed by atoms with Gasteiger partial charge in [0.25, 0.3) is 0 Å². The summed E-state index contributed by atoms with van der Waals surface area (Å²) in [6.45, 7) is 4.57. The molecule has 1 aliphatic heterocycles. The van der Waals surface area contributed by atoms with Crippen LogP contribution in [-0.2, 0) is 54.2 Å². The Labute approximate surface area is 257 Å². The predicted octanol–water partition coefficient (Wildman–Crippen LogP) is 1.81. The lowest BCUT2D eigenvalue weighted by atomic mass is 9.90. The molecule has 14 nitrogen and oxygen atoms in total. The van der Waals surface area contributed by atoms with Gasteiger partial charge in [-0.15, -0.1) is 0 Å². The number of ether oxygens (including phenoxy) is 5. The van der Waals surface area contributed by atoms with Gasteiger partial charge >= 0.3 is 29.5 Å². The lowest BCUT2D eigenvalue weighted by Crippen LogP contribution is -2.59. The summed E-state index contributed by atoms with van der Waals surface area (Å²) in [5.41, 5.74) is -0.262. The second kappa shape index (κ2) is 15.1. The number of esters is 4. The summed E-state index contributed by atoms with van der Waals surface area (Å²) in [6.07, 6.45) is -6.36. The molecule has 1 fully saturated rings. The highest BCUT2D eigenvalue weighted by atomic mass is 35.5. The number of halogens is 1. The van der Waals surface area contributed by atoms with Crippen LogP contribution in [0.15, 0.2) is 27.4 Å². The first-order valence-corrected chi connectivity index (χ1v) is 14.0.